The largest absolute Gasteiger partial charge is 0.483 e. The van der Waals surface area contributed by atoms with Crippen molar-refractivity contribution in [2.24, 2.45) is 7.05 Å². The number of hydrogen-bond acceptors (Lipinski definition) is 4. The second-order valence-electron chi connectivity index (χ2n) is 5.73. The predicted octanol–water partition coefficient (Wildman–Crippen LogP) is 2.26. The first kappa shape index (κ1) is 14.1. The number of hydrogen-bond donors (Lipinski definition) is 1. The first-order valence-corrected chi connectivity index (χ1v) is 7.43. The molecule has 0 amide bonds. The van der Waals surface area contributed by atoms with Gasteiger partial charge in [0.25, 0.3) is 0 Å². The fraction of sp³-hybridized carbons (Fsp3) is 0.500. The third kappa shape index (κ3) is 3.42. The van der Waals surface area contributed by atoms with Gasteiger partial charge in [0.2, 0.25) is 0 Å². The molecule has 21 heavy (non-hydrogen) atoms. The van der Waals surface area contributed by atoms with E-state index in [4.69, 9.17) is 4.74 Å². The number of ether oxygens (including phenoxy) is 1. The van der Waals surface area contributed by atoms with Gasteiger partial charge in [-0.05, 0) is 38.3 Å². The summed E-state index contributed by atoms with van der Waals surface area (Å²) in [6.07, 6.45) is 4.55. The lowest BCUT2D eigenvalue weighted by Crippen LogP contribution is -2.15. The zero-order chi connectivity index (χ0) is 14.8. The van der Waals surface area contributed by atoms with Crippen LogP contribution in [-0.2, 0) is 20.2 Å². The number of aryl methyl sites for hydroxylation is 2. The van der Waals surface area contributed by atoms with Crippen LogP contribution in [0.4, 0.5) is 0 Å². The van der Waals surface area contributed by atoms with Gasteiger partial charge in [-0.25, -0.2) is 0 Å². The minimum atomic E-state index is 0.476. The number of pyridine rings is 1. The first-order chi connectivity index (χ1) is 10.1. The third-order valence-electron chi connectivity index (χ3n) is 3.87. The molecule has 3 rings (SSSR count). The Morgan fingerprint density at radius 3 is 2.71 bits per heavy atom. The lowest BCUT2D eigenvalue weighted by molar-refractivity contribution is 0.297. The first-order valence-electron chi connectivity index (χ1n) is 7.43. The van der Waals surface area contributed by atoms with Crippen molar-refractivity contribution in [1.29, 1.82) is 0 Å². The lowest BCUT2D eigenvalue weighted by atomic mass is 10.2. The molecule has 0 spiro atoms. The molecule has 1 aliphatic carbocycles. The van der Waals surface area contributed by atoms with Crippen molar-refractivity contribution >= 4 is 0 Å². The molecule has 2 heterocycles. The minimum Gasteiger partial charge on any atom is -0.483 e. The monoisotopic (exact) mass is 286 g/mol. The van der Waals surface area contributed by atoms with Crippen LogP contribution in [0.5, 0.6) is 5.75 Å². The summed E-state index contributed by atoms with van der Waals surface area (Å²) in [4.78, 5) is 4.47. The summed E-state index contributed by atoms with van der Waals surface area (Å²) in [5.41, 5.74) is 4.12. The number of nitrogens with zero attached hydrogens (tertiary/aromatic N) is 3. The molecule has 0 atom stereocenters. The van der Waals surface area contributed by atoms with Crippen LogP contribution in [0.15, 0.2) is 18.3 Å². The molecule has 2 aromatic rings. The molecule has 2 aromatic heterocycles. The molecular formula is C16H22N4O. The van der Waals surface area contributed by atoms with Crippen molar-refractivity contribution in [3.8, 4) is 5.75 Å². The normalized spacial score (nSPS) is 14.4. The average molecular weight is 286 g/mol. The molecule has 5 nitrogen and oxygen atoms in total. The Bertz CT molecular complexity index is 614. The van der Waals surface area contributed by atoms with Gasteiger partial charge in [-0.1, -0.05) is 6.07 Å². The zero-order valence-corrected chi connectivity index (χ0v) is 12.9. The lowest BCUT2D eigenvalue weighted by Gasteiger charge is -2.07. The van der Waals surface area contributed by atoms with E-state index in [-0.39, 0.29) is 0 Å². The van der Waals surface area contributed by atoms with Gasteiger partial charge in [-0.15, -0.1) is 0 Å². The average Bonchev–Trinajstić information content (AvgIpc) is 3.26. The number of nitrogens with one attached hydrogen (secondary N) is 1. The maximum absolute atomic E-state index is 5.86. The molecule has 0 aliphatic heterocycles. The fourth-order valence-corrected chi connectivity index (χ4v) is 2.30. The van der Waals surface area contributed by atoms with Gasteiger partial charge >= 0.3 is 0 Å². The summed E-state index contributed by atoms with van der Waals surface area (Å²) < 4.78 is 7.70. The van der Waals surface area contributed by atoms with Crippen LogP contribution in [0.2, 0.25) is 0 Å². The maximum Gasteiger partial charge on any atom is 0.163 e. The molecule has 0 bridgehead atoms. The van der Waals surface area contributed by atoms with Crippen LogP contribution < -0.4 is 10.1 Å². The molecule has 0 aromatic carbocycles. The Labute approximate surface area is 125 Å². The van der Waals surface area contributed by atoms with E-state index in [1.807, 2.05) is 37.8 Å². The maximum atomic E-state index is 5.86. The SMILES string of the molecule is Cc1nn(C)c(C)c1OCc1ccc(CNC2CC2)cn1. The molecule has 1 fully saturated rings. The van der Waals surface area contributed by atoms with Crippen molar-refractivity contribution in [2.45, 2.75) is 45.9 Å². The Morgan fingerprint density at radius 1 is 1.33 bits per heavy atom. The van der Waals surface area contributed by atoms with E-state index in [1.54, 1.807) is 0 Å². The predicted molar refractivity (Wildman–Crippen MR) is 81.1 cm³/mol. The van der Waals surface area contributed by atoms with Crippen LogP contribution in [0.3, 0.4) is 0 Å². The van der Waals surface area contributed by atoms with Crippen molar-refractivity contribution in [3.63, 3.8) is 0 Å². The molecule has 112 valence electrons. The molecular weight excluding hydrogens is 264 g/mol. The second kappa shape index (κ2) is 5.85. The number of aromatic nitrogens is 3. The Hall–Kier alpha value is -1.88. The van der Waals surface area contributed by atoms with Crippen LogP contribution in [0.1, 0.15) is 35.5 Å². The zero-order valence-electron chi connectivity index (χ0n) is 12.9. The van der Waals surface area contributed by atoms with Crippen molar-refractivity contribution in [3.05, 3.63) is 41.0 Å². The highest BCUT2D eigenvalue weighted by molar-refractivity contribution is 5.31. The summed E-state index contributed by atoms with van der Waals surface area (Å²) in [5, 5.41) is 7.83. The van der Waals surface area contributed by atoms with Gasteiger partial charge < -0.3 is 10.1 Å². The van der Waals surface area contributed by atoms with Crippen LogP contribution in [-0.4, -0.2) is 20.8 Å². The molecule has 0 unspecified atom stereocenters. The topological polar surface area (TPSA) is 52.0 Å². The summed E-state index contributed by atoms with van der Waals surface area (Å²) in [7, 11) is 1.93. The highest BCUT2D eigenvalue weighted by atomic mass is 16.5. The van der Waals surface area contributed by atoms with Crippen LogP contribution in [0.25, 0.3) is 0 Å². The van der Waals surface area contributed by atoms with E-state index < -0.39 is 0 Å². The second-order valence-corrected chi connectivity index (χ2v) is 5.73. The van der Waals surface area contributed by atoms with E-state index in [2.05, 4.69) is 21.5 Å². The fourth-order valence-electron chi connectivity index (χ4n) is 2.30. The van der Waals surface area contributed by atoms with Crippen LogP contribution in [0, 0.1) is 13.8 Å². The van der Waals surface area contributed by atoms with E-state index in [0.717, 1.165) is 35.4 Å². The van der Waals surface area contributed by atoms with E-state index in [9.17, 15) is 0 Å². The van der Waals surface area contributed by atoms with Gasteiger partial charge in [0, 0.05) is 25.8 Å². The van der Waals surface area contributed by atoms with Gasteiger partial charge in [-0.3, -0.25) is 9.67 Å². The minimum absolute atomic E-state index is 0.476. The van der Waals surface area contributed by atoms with Gasteiger partial charge in [-0.2, -0.15) is 5.10 Å². The highest BCUT2D eigenvalue weighted by Gasteiger charge is 2.19. The Morgan fingerprint density at radius 2 is 2.14 bits per heavy atom. The summed E-state index contributed by atoms with van der Waals surface area (Å²) in [6.45, 7) is 5.35. The van der Waals surface area contributed by atoms with E-state index in [1.165, 1.54) is 18.4 Å². The quantitative estimate of drug-likeness (QED) is 0.885. The summed E-state index contributed by atoms with van der Waals surface area (Å²) >= 11 is 0. The van der Waals surface area contributed by atoms with E-state index >= 15 is 0 Å². The smallest absolute Gasteiger partial charge is 0.163 e. The molecule has 1 saturated carbocycles. The highest BCUT2D eigenvalue weighted by Crippen LogP contribution is 2.22. The van der Waals surface area contributed by atoms with E-state index in [0.29, 0.717) is 6.61 Å². The van der Waals surface area contributed by atoms with Gasteiger partial charge in [0.15, 0.2) is 5.75 Å². The molecule has 1 N–H and O–H groups in total. The molecule has 0 saturated heterocycles. The molecule has 0 radical (unpaired) electrons. The molecule has 1 aliphatic rings. The van der Waals surface area contributed by atoms with Crippen molar-refractivity contribution < 1.29 is 4.74 Å². The Kier molecular flexibility index (Phi) is 3.92. The standard InChI is InChI=1S/C16H22N4O/c1-11-16(12(2)20(3)19-11)21-10-15-5-4-13(9-18-15)8-17-14-6-7-14/h4-5,9,14,17H,6-8,10H2,1-3H3. The van der Waals surface area contributed by atoms with Gasteiger partial charge in [0.1, 0.15) is 12.3 Å². The number of rotatable bonds is 6. The van der Waals surface area contributed by atoms with Crippen molar-refractivity contribution in [1.82, 2.24) is 20.1 Å². The van der Waals surface area contributed by atoms with Crippen molar-refractivity contribution in [2.75, 3.05) is 0 Å². The molecule has 5 heteroatoms. The Balaban J connectivity index is 1.57. The van der Waals surface area contributed by atoms with Crippen LogP contribution >= 0.6 is 0 Å². The third-order valence-corrected chi connectivity index (χ3v) is 3.87. The van der Waals surface area contributed by atoms with Gasteiger partial charge in [0.05, 0.1) is 11.4 Å². The summed E-state index contributed by atoms with van der Waals surface area (Å²) in [6, 6.07) is 4.87. The summed E-state index contributed by atoms with van der Waals surface area (Å²) in [5.74, 6) is 0.860.